The van der Waals surface area contributed by atoms with Gasteiger partial charge in [-0.05, 0) is 40.5 Å². The minimum atomic E-state index is -0.334. The molecule has 0 fully saturated rings. The maximum absolute atomic E-state index is 14.0. The van der Waals surface area contributed by atoms with Crippen molar-refractivity contribution in [3.05, 3.63) is 49.9 Å². The number of hydrazine groups is 1. The van der Waals surface area contributed by atoms with Crippen LogP contribution >= 0.6 is 31.9 Å². The predicted octanol–water partition coefficient (Wildman–Crippen LogP) is 3.39. The number of nitrogens with one attached hydrogen (secondary N) is 1. The smallest absolute Gasteiger partial charge is 0.128 e. The van der Waals surface area contributed by atoms with Gasteiger partial charge < -0.3 is 0 Å². The predicted molar refractivity (Wildman–Crippen MR) is 88.2 cm³/mol. The summed E-state index contributed by atoms with van der Waals surface area (Å²) in [6.45, 7) is 2.05. The first-order valence-corrected chi connectivity index (χ1v) is 8.17. The van der Waals surface area contributed by atoms with E-state index in [0.29, 0.717) is 12.0 Å². The molecule has 0 aliphatic rings. The van der Waals surface area contributed by atoms with Gasteiger partial charge in [0, 0.05) is 23.5 Å². The van der Waals surface area contributed by atoms with Crippen molar-refractivity contribution >= 4 is 31.9 Å². The first-order valence-electron chi connectivity index (χ1n) is 6.59. The molecule has 3 N–H and O–H groups in total. The van der Waals surface area contributed by atoms with E-state index in [2.05, 4.69) is 42.4 Å². The third-order valence-corrected chi connectivity index (χ3v) is 4.84. The lowest BCUT2D eigenvalue weighted by molar-refractivity contribution is 0.496. The summed E-state index contributed by atoms with van der Waals surface area (Å²) in [6, 6.07) is 4.50. The van der Waals surface area contributed by atoms with Crippen molar-refractivity contribution in [1.82, 2.24) is 15.2 Å². The van der Waals surface area contributed by atoms with Gasteiger partial charge in [-0.15, -0.1) is 0 Å². The maximum Gasteiger partial charge on any atom is 0.128 e. The molecule has 0 aliphatic heterocycles. The Labute approximate surface area is 140 Å². The molecule has 2 rings (SSSR count). The number of aromatic nitrogens is 2. The fourth-order valence-corrected chi connectivity index (χ4v) is 3.43. The molecule has 1 heterocycles. The van der Waals surface area contributed by atoms with Crippen molar-refractivity contribution in [2.45, 2.75) is 25.8 Å². The second kappa shape index (κ2) is 7.00. The number of halogens is 3. The van der Waals surface area contributed by atoms with Crippen LogP contribution in [0, 0.1) is 5.82 Å². The van der Waals surface area contributed by atoms with Gasteiger partial charge in [0.2, 0.25) is 0 Å². The van der Waals surface area contributed by atoms with Crippen molar-refractivity contribution in [2.24, 2.45) is 12.9 Å². The summed E-state index contributed by atoms with van der Waals surface area (Å²) in [4.78, 5) is 0. The zero-order valence-corrected chi connectivity index (χ0v) is 15.0. The van der Waals surface area contributed by atoms with Crippen LogP contribution in [0.4, 0.5) is 4.39 Å². The van der Waals surface area contributed by atoms with Crippen molar-refractivity contribution < 1.29 is 4.39 Å². The molecule has 0 amide bonds. The number of aryl methyl sites for hydroxylation is 2. The molecule has 21 heavy (non-hydrogen) atoms. The molecule has 1 aromatic carbocycles. The minimum absolute atomic E-state index is 0.282. The van der Waals surface area contributed by atoms with Crippen LogP contribution in [-0.4, -0.2) is 9.78 Å². The van der Waals surface area contributed by atoms with Crippen molar-refractivity contribution in [1.29, 1.82) is 0 Å². The molecule has 4 nitrogen and oxygen atoms in total. The maximum atomic E-state index is 14.0. The highest BCUT2D eigenvalue weighted by atomic mass is 79.9. The van der Waals surface area contributed by atoms with Gasteiger partial charge in [-0.1, -0.05) is 22.9 Å². The average molecular weight is 420 g/mol. The first kappa shape index (κ1) is 16.6. The highest BCUT2D eigenvalue weighted by Crippen LogP contribution is 2.28. The zero-order valence-electron chi connectivity index (χ0n) is 11.8. The van der Waals surface area contributed by atoms with E-state index >= 15 is 0 Å². The van der Waals surface area contributed by atoms with E-state index in [9.17, 15) is 4.39 Å². The molecule has 0 radical (unpaired) electrons. The third kappa shape index (κ3) is 3.53. The average Bonchev–Trinajstić information content (AvgIpc) is 2.74. The molecule has 0 bridgehead atoms. The van der Waals surface area contributed by atoms with Crippen LogP contribution in [0.25, 0.3) is 0 Å². The number of benzene rings is 1. The summed E-state index contributed by atoms with van der Waals surface area (Å²) in [7, 11) is 1.88. The summed E-state index contributed by atoms with van der Waals surface area (Å²) < 4.78 is 17.6. The molecule has 0 spiro atoms. The van der Waals surface area contributed by atoms with E-state index in [0.717, 1.165) is 26.8 Å². The van der Waals surface area contributed by atoms with Crippen molar-refractivity contribution in [3.8, 4) is 0 Å². The molecule has 7 heteroatoms. The Morgan fingerprint density at radius 3 is 2.71 bits per heavy atom. The standard InChI is InChI=1S/C14H17Br2FN4/c1-3-11-14(16)13(21(2)20-11)7-12(19-18)9-6-8(15)4-5-10(9)17/h4-6,12,19H,3,7,18H2,1-2H3. The van der Waals surface area contributed by atoms with Gasteiger partial charge in [0.15, 0.2) is 0 Å². The molecule has 2 aromatic rings. The molecular weight excluding hydrogens is 403 g/mol. The third-order valence-electron chi connectivity index (χ3n) is 3.44. The molecule has 0 saturated heterocycles. The number of nitrogens with zero attached hydrogens (tertiary/aromatic N) is 2. The lowest BCUT2D eigenvalue weighted by Crippen LogP contribution is -2.31. The quantitative estimate of drug-likeness (QED) is 0.576. The second-order valence-corrected chi connectivity index (χ2v) is 6.48. The lowest BCUT2D eigenvalue weighted by atomic mass is 10.0. The summed E-state index contributed by atoms with van der Waals surface area (Å²) in [5.41, 5.74) is 5.18. The van der Waals surface area contributed by atoms with Crippen molar-refractivity contribution in [3.63, 3.8) is 0 Å². The minimum Gasteiger partial charge on any atom is -0.271 e. The largest absolute Gasteiger partial charge is 0.271 e. The van der Waals surface area contributed by atoms with E-state index in [1.54, 1.807) is 12.1 Å². The van der Waals surface area contributed by atoms with E-state index in [4.69, 9.17) is 5.84 Å². The molecule has 1 unspecified atom stereocenters. The van der Waals surface area contributed by atoms with E-state index in [1.807, 2.05) is 18.7 Å². The van der Waals surface area contributed by atoms with Crippen LogP contribution in [-0.2, 0) is 19.9 Å². The van der Waals surface area contributed by atoms with Crippen LogP contribution < -0.4 is 11.3 Å². The fourth-order valence-electron chi connectivity index (χ4n) is 2.28. The van der Waals surface area contributed by atoms with Crippen LogP contribution in [0.3, 0.4) is 0 Å². The summed E-state index contributed by atoms with van der Waals surface area (Å²) in [5, 5.41) is 4.45. The molecular formula is C14H17Br2FN4. The van der Waals surface area contributed by atoms with E-state index in [1.165, 1.54) is 6.07 Å². The molecule has 1 atom stereocenters. The normalized spacial score (nSPS) is 12.7. The second-order valence-electron chi connectivity index (χ2n) is 4.77. The van der Waals surface area contributed by atoms with Crippen LogP contribution in [0.1, 0.15) is 29.9 Å². The number of hydrogen-bond donors (Lipinski definition) is 2. The SMILES string of the molecule is CCc1nn(C)c(CC(NN)c2cc(Br)ccc2F)c1Br. The highest BCUT2D eigenvalue weighted by Gasteiger charge is 2.20. The van der Waals surface area contributed by atoms with Gasteiger partial charge in [-0.3, -0.25) is 16.0 Å². The van der Waals surface area contributed by atoms with E-state index in [-0.39, 0.29) is 11.9 Å². The van der Waals surface area contributed by atoms with Crippen molar-refractivity contribution in [2.75, 3.05) is 0 Å². The van der Waals surface area contributed by atoms with Gasteiger partial charge in [-0.25, -0.2) is 4.39 Å². The van der Waals surface area contributed by atoms with E-state index < -0.39 is 0 Å². The topological polar surface area (TPSA) is 55.9 Å². The molecule has 114 valence electrons. The molecule has 0 aliphatic carbocycles. The van der Waals surface area contributed by atoms with Gasteiger partial charge in [0.25, 0.3) is 0 Å². The first-order chi connectivity index (χ1) is 9.97. The van der Waals surface area contributed by atoms with Crippen LogP contribution in [0.2, 0.25) is 0 Å². The Morgan fingerprint density at radius 1 is 1.43 bits per heavy atom. The van der Waals surface area contributed by atoms with Crippen LogP contribution in [0.15, 0.2) is 27.1 Å². The van der Waals surface area contributed by atoms with Crippen LogP contribution in [0.5, 0.6) is 0 Å². The zero-order chi connectivity index (χ0) is 15.6. The van der Waals surface area contributed by atoms with Gasteiger partial charge in [0.05, 0.1) is 21.9 Å². The lowest BCUT2D eigenvalue weighted by Gasteiger charge is -2.18. The summed E-state index contributed by atoms with van der Waals surface area (Å²) in [6.07, 6.45) is 1.37. The van der Waals surface area contributed by atoms with Gasteiger partial charge >= 0.3 is 0 Å². The monoisotopic (exact) mass is 418 g/mol. The number of hydrogen-bond acceptors (Lipinski definition) is 3. The Kier molecular flexibility index (Phi) is 5.54. The Morgan fingerprint density at radius 2 is 2.14 bits per heavy atom. The molecule has 0 saturated carbocycles. The summed E-state index contributed by atoms with van der Waals surface area (Å²) >= 11 is 6.93. The fraction of sp³-hybridized carbons (Fsp3) is 0.357. The number of rotatable bonds is 5. The van der Waals surface area contributed by atoms with Gasteiger partial charge in [0.1, 0.15) is 5.82 Å². The Hall–Kier alpha value is -0.760. The highest BCUT2D eigenvalue weighted by molar-refractivity contribution is 9.10. The molecule has 1 aromatic heterocycles. The number of nitrogens with two attached hydrogens (primary N) is 1. The Bertz CT molecular complexity index is 642. The Balaban J connectivity index is 2.36. The summed E-state index contributed by atoms with van der Waals surface area (Å²) in [5.74, 6) is 5.35. The van der Waals surface area contributed by atoms with Gasteiger partial charge in [-0.2, -0.15) is 5.10 Å².